The SMILES string of the molecule is CCCc1cc2c(cc1Cl)CC(=O)C2. The lowest BCUT2D eigenvalue weighted by molar-refractivity contribution is -0.117. The summed E-state index contributed by atoms with van der Waals surface area (Å²) in [6, 6.07) is 4.07. The van der Waals surface area contributed by atoms with Crippen LogP contribution in [0, 0.1) is 0 Å². The Morgan fingerprint density at radius 1 is 1.29 bits per heavy atom. The highest BCUT2D eigenvalue weighted by Crippen LogP contribution is 2.27. The van der Waals surface area contributed by atoms with Crippen molar-refractivity contribution in [1.82, 2.24) is 0 Å². The molecule has 0 bridgehead atoms. The quantitative estimate of drug-likeness (QED) is 0.731. The Morgan fingerprint density at radius 2 is 1.93 bits per heavy atom. The number of aryl methyl sites for hydroxylation is 1. The number of fused-ring (bicyclic) bond motifs is 1. The number of halogens is 1. The van der Waals surface area contributed by atoms with E-state index in [0.29, 0.717) is 18.6 Å². The average Bonchev–Trinajstić information content (AvgIpc) is 2.45. The van der Waals surface area contributed by atoms with E-state index in [9.17, 15) is 4.79 Å². The molecule has 0 heterocycles. The predicted octanol–water partition coefficient (Wildman–Crippen LogP) is 2.96. The van der Waals surface area contributed by atoms with Gasteiger partial charge in [0.25, 0.3) is 0 Å². The van der Waals surface area contributed by atoms with Crippen LogP contribution >= 0.6 is 11.6 Å². The zero-order valence-electron chi connectivity index (χ0n) is 8.27. The highest BCUT2D eigenvalue weighted by Gasteiger charge is 2.19. The van der Waals surface area contributed by atoms with E-state index < -0.39 is 0 Å². The van der Waals surface area contributed by atoms with Gasteiger partial charge in [-0.25, -0.2) is 0 Å². The third kappa shape index (κ3) is 1.69. The molecule has 0 atom stereocenters. The molecule has 2 rings (SSSR count). The van der Waals surface area contributed by atoms with Gasteiger partial charge in [0.2, 0.25) is 0 Å². The van der Waals surface area contributed by atoms with E-state index >= 15 is 0 Å². The maximum atomic E-state index is 11.2. The molecule has 1 aliphatic rings. The van der Waals surface area contributed by atoms with Gasteiger partial charge in [-0.05, 0) is 29.2 Å². The summed E-state index contributed by atoms with van der Waals surface area (Å²) in [5.74, 6) is 0.310. The van der Waals surface area contributed by atoms with Crippen LogP contribution in [-0.2, 0) is 24.1 Å². The van der Waals surface area contributed by atoms with Crippen LogP contribution < -0.4 is 0 Å². The van der Waals surface area contributed by atoms with Gasteiger partial charge < -0.3 is 0 Å². The Labute approximate surface area is 89.1 Å². The fourth-order valence-corrected chi connectivity index (χ4v) is 2.27. The van der Waals surface area contributed by atoms with E-state index in [4.69, 9.17) is 11.6 Å². The molecule has 1 aromatic carbocycles. The molecule has 0 radical (unpaired) electrons. The van der Waals surface area contributed by atoms with Gasteiger partial charge in [-0.1, -0.05) is 31.0 Å². The zero-order chi connectivity index (χ0) is 10.1. The second-order valence-corrected chi connectivity index (χ2v) is 4.26. The first-order valence-corrected chi connectivity index (χ1v) is 5.40. The molecule has 2 heteroatoms. The van der Waals surface area contributed by atoms with Crippen LogP contribution in [0.15, 0.2) is 12.1 Å². The minimum absolute atomic E-state index is 0.310. The first kappa shape index (κ1) is 9.72. The van der Waals surface area contributed by atoms with Gasteiger partial charge in [0.05, 0.1) is 0 Å². The number of Topliss-reactive ketones (excluding diaryl/α,β-unsaturated/α-hetero) is 1. The lowest BCUT2D eigenvalue weighted by Gasteiger charge is -2.05. The summed E-state index contributed by atoms with van der Waals surface area (Å²) in [5, 5.41) is 0.820. The van der Waals surface area contributed by atoms with Gasteiger partial charge in [0, 0.05) is 17.9 Å². The minimum atomic E-state index is 0.310. The Balaban J connectivity index is 2.39. The molecule has 1 aromatic rings. The van der Waals surface area contributed by atoms with E-state index in [-0.39, 0.29) is 0 Å². The molecule has 0 aliphatic heterocycles. The molecule has 0 N–H and O–H groups in total. The molecular formula is C12H13ClO. The van der Waals surface area contributed by atoms with Crippen LogP contribution in [0.2, 0.25) is 5.02 Å². The van der Waals surface area contributed by atoms with Gasteiger partial charge in [-0.2, -0.15) is 0 Å². The highest BCUT2D eigenvalue weighted by atomic mass is 35.5. The minimum Gasteiger partial charge on any atom is -0.299 e. The smallest absolute Gasteiger partial charge is 0.141 e. The van der Waals surface area contributed by atoms with Crippen LogP contribution in [0.4, 0.5) is 0 Å². The molecule has 1 aliphatic carbocycles. The van der Waals surface area contributed by atoms with Gasteiger partial charge >= 0.3 is 0 Å². The second kappa shape index (κ2) is 3.74. The van der Waals surface area contributed by atoms with E-state index in [1.54, 1.807) is 0 Å². The second-order valence-electron chi connectivity index (χ2n) is 3.85. The monoisotopic (exact) mass is 208 g/mol. The first-order valence-electron chi connectivity index (χ1n) is 5.02. The van der Waals surface area contributed by atoms with Crippen molar-refractivity contribution < 1.29 is 4.79 Å². The van der Waals surface area contributed by atoms with Crippen molar-refractivity contribution in [2.24, 2.45) is 0 Å². The van der Waals surface area contributed by atoms with Crippen molar-refractivity contribution in [2.75, 3.05) is 0 Å². The van der Waals surface area contributed by atoms with Crippen LogP contribution in [0.1, 0.15) is 30.0 Å². The van der Waals surface area contributed by atoms with Crippen molar-refractivity contribution in [1.29, 1.82) is 0 Å². The number of carbonyl (C=O) groups is 1. The largest absolute Gasteiger partial charge is 0.299 e. The van der Waals surface area contributed by atoms with Gasteiger partial charge in [-0.15, -0.1) is 0 Å². The van der Waals surface area contributed by atoms with Crippen molar-refractivity contribution in [2.45, 2.75) is 32.6 Å². The van der Waals surface area contributed by atoms with Crippen molar-refractivity contribution in [3.05, 3.63) is 33.8 Å². The lowest BCUT2D eigenvalue weighted by Crippen LogP contribution is -1.92. The molecule has 0 spiro atoms. The van der Waals surface area contributed by atoms with Gasteiger partial charge in [-0.3, -0.25) is 4.79 Å². The summed E-state index contributed by atoms with van der Waals surface area (Å²) >= 11 is 6.12. The van der Waals surface area contributed by atoms with Crippen LogP contribution in [-0.4, -0.2) is 5.78 Å². The summed E-state index contributed by atoms with van der Waals surface area (Å²) in [6.45, 7) is 2.13. The number of benzene rings is 1. The van der Waals surface area contributed by atoms with E-state index in [1.165, 1.54) is 11.1 Å². The predicted molar refractivity (Wildman–Crippen MR) is 57.9 cm³/mol. The Kier molecular flexibility index (Phi) is 2.60. The highest BCUT2D eigenvalue weighted by molar-refractivity contribution is 6.31. The van der Waals surface area contributed by atoms with Crippen molar-refractivity contribution in [3.63, 3.8) is 0 Å². The van der Waals surface area contributed by atoms with Gasteiger partial charge in [0.15, 0.2) is 0 Å². The lowest BCUT2D eigenvalue weighted by atomic mass is 10.0. The normalized spacial score (nSPS) is 14.6. The Hall–Kier alpha value is -0.820. The maximum Gasteiger partial charge on any atom is 0.141 e. The third-order valence-corrected chi connectivity index (χ3v) is 3.02. The molecule has 14 heavy (non-hydrogen) atoms. The summed E-state index contributed by atoms with van der Waals surface area (Å²) < 4.78 is 0. The standard InChI is InChI=1S/C12H13ClO/c1-2-3-8-4-9-5-11(14)6-10(9)7-12(8)13/h4,7H,2-3,5-6H2,1H3. The molecule has 0 unspecified atom stereocenters. The fourth-order valence-electron chi connectivity index (χ4n) is 1.99. The van der Waals surface area contributed by atoms with Crippen LogP contribution in [0.3, 0.4) is 0 Å². The van der Waals surface area contributed by atoms with Crippen molar-refractivity contribution >= 4 is 17.4 Å². The van der Waals surface area contributed by atoms with E-state index in [2.05, 4.69) is 13.0 Å². The summed E-state index contributed by atoms with van der Waals surface area (Å²) in [7, 11) is 0. The molecule has 74 valence electrons. The maximum absolute atomic E-state index is 11.2. The Bertz CT molecular complexity index is 382. The first-order chi connectivity index (χ1) is 6.70. The van der Waals surface area contributed by atoms with E-state index in [1.807, 2.05) is 6.07 Å². The van der Waals surface area contributed by atoms with E-state index in [0.717, 1.165) is 23.4 Å². The molecule has 0 aromatic heterocycles. The molecular weight excluding hydrogens is 196 g/mol. The summed E-state index contributed by atoms with van der Waals surface area (Å²) in [4.78, 5) is 11.2. The molecule has 0 saturated heterocycles. The summed E-state index contributed by atoms with van der Waals surface area (Å²) in [5.41, 5.74) is 3.49. The molecule has 0 amide bonds. The number of rotatable bonds is 2. The number of ketones is 1. The molecule has 1 nitrogen and oxygen atoms in total. The van der Waals surface area contributed by atoms with Gasteiger partial charge in [0.1, 0.15) is 5.78 Å². The topological polar surface area (TPSA) is 17.1 Å². The average molecular weight is 209 g/mol. The Morgan fingerprint density at radius 3 is 2.57 bits per heavy atom. The zero-order valence-corrected chi connectivity index (χ0v) is 9.03. The van der Waals surface area contributed by atoms with Crippen LogP contribution in [0.5, 0.6) is 0 Å². The fraction of sp³-hybridized carbons (Fsp3) is 0.417. The number of carbonyl (C=O) groups excluding carboxylic acids is 1. The van der Waals surface area contributed by atoms with Crippen LogP contribution in [0.25, 0.3) is 0 Å². The third-order valence-electron chi connectivity index (χ3n) is 2.66. The number of hydrogen-bond acceptors (Lipinski definition) is 1. The molecule has 0 fully saturated rings. The molecule has 0 saturated carbocycles. The van der Waals surface area contributed by atoms with Crippen molar-refractivity contribution in [3.8, 4) is 0 Å². The summed E-state index contributed by atoms with van der Waals surface area (Å²) in [6.07, 6.45) is 3.26. The number of hydrogen-bond donors (Lipinski definition) is 0.